The van der Waals surface area contributed by atoms with Crippen molar-refractivity contribution in [3.63, 3.8) is 0 Å². The molecule has 3 heterocycles. The second kappa shape index (κ2) is 9.95. The highest BCUT2D eigenvalue weighted by atomic mass is 16.5. The van der Waals surface area contributed by atoms with Crippen molar-refractivity contribution in [2.24, 2.45) is 0 Å². The van der Waals surface area contributed by atoms with Crippen LogP contribution in [0.3, 0.4) is 0 Å². The maximum absolute atomic E-state index is 13.5. The number of nitrogens with zero attached hydrogens (tertiary/aromatic N) is 5. The molecule has 1 fully saturated rings. The maximum Gasteiger partial charge on any atom is 0.339 e. The maximum atomic E-state index is 13.5. The van der Waals surface area contributed by atoms with Gasteiger partial charge in [-0.2, -0.15) is 0 Å². The van der Waals surface area contributed by atoms with Gasteiger partial charge in [-0.25, -0.2) is 19.7 Å². The Labute approximate surface area is 201 Å². The van der Waals surface area contributed by atoms with Crippen molar-refractivity contribution in [1.29, 1.82) is 0 Å². The fourth-order valence-electron chi connectivity index (χ4n) is 4.46. The third-order valence-electron chi connectivity index (χ3n) is 6.15. The van der Waals surface area contributed by atoms with Crippen LogP contribution in [-0.4, -0.2) is 70.6 Å². The standard InChI is InChI=1S/C25H36N6O3/c1-9-26-22-21(15(2)3)29-18(13-27-22)23(32)31-11-10-30(14-25(31,6)7)19-12-16(4)20(17(5)28-19)24(33)34-8/h12-13,15H,9-11,14H2,1-8H3,(H,26,27). The minimum atomic E-state index is -0.458. The first-order valence-corrected chi connectivity index (χ1v) is 11.7. The number of esters is 1. The van der Waals surface area contributed by atoms with E-state index >= 15 is 0 Å². The minimum absolute atomic E-state index is 0.122. The Morgan fingerprint density at radius 1 is 1.21 bits per heavy atom. The van der Waals surface area contributed by atoms with Crippen LogP contribution in [0.5, 0.6) is 0 Å². The first-order chi connectivity index (χ1) is 16.0. The van der Waals surface area contributed by atoms with Crippen LogP contribution in [0.15, 0.2) is 12.3 Å². The number of rotatable bonds is 6. The molecule has 0 bridgehead atoms. The van der Waals surface area contributed by atoms with E-state index in [-0.39, 0.29) is 17.8 Å². The van der Waals surface area contributed by atoms with E-state index in [1.165, 1.54) is 7.11 Å². The second-order valence-corrected chi connectivity index (χ2v) is 9.61. The number of piperazine rings is 1. The molecule has 0 unspecified atom stereocenters. The number of pyridine rings is 1. The molecule has 1 saturated heterocycles. The van der Waals surface area contributed by atoms with Gasteiger partial charge in [0.1, 0.15) is 17.3 Å². The first kappa shape index (κ1) is 25.4. The third-order valence-corrected chi connectivity index (χ3v) is 6.15. The number of anilines is 2. The van der Waals surface area contributed by atoms with Gasteiger partial charge < -0.3 is 19.9 Å². The Balaban J connectivity index is 1.84. The summed E-state index contributed by atoms with van der Waals surface area (Å²) in [4.78, 5) is 43.4. The molecule has 1 aliphatic rings. The molecule has 1 N–H and O–H groups in total. The summed E-state index contributed by atoms with van der Waals surface area (Å²) in [6, 6.07) is 1.91. The van der Waals surface area contributed by atoms with Crippen molar-refractivity contribution in [2.45, 2.75) is 59.9 Å². The normalized spacial score (nSPS) is 15.4. The molecule has 34 heavy (non-hydrogen) atoms. The second-order valence-electron chi connectivity index (χ2n) is 9.61. The zero-order valence-corrected chi connectivity index (χ0v) is 21.5. The van der Waals surface area contributed by atoms with E-state index in [4.69, 9.17) is 4.74 Å². The van der Waals surface area contributed by atoms with Crippen LogP contribution in [0.2, 0.25) is 0 Å². The summed E-state index contributed by atoms with van der Waals surface area (Å²) in [6.45, 7) is 16.4. The molecule has 9 heteroatoms. The number of ether oxygens (including phenoxy) is 1. The highest BCUT2D eigenvalue weighted by Gasteiger charge is 2.38. The molecule has 0 aliphatic carbocycles. The average Bonchev–Trinajstić information content (AvgIpc) is 2.77. The Bertz CT molecular complexity index is 1060. The van der Waals surface area contributed by atoms with Crippen LogP contribution < -0.4 is 10.2 Å². The zero-order valence-electron chi connectivity index (χ0n) is 21.5. The SMILES string of the molecule is CCNc1ncc(C(=O)N2CCN(c3cc(C)c(C(=O)OC)c(C)n3)CC2(C)C)nc1C(C)C. The number of carbonyl (C=O) groups is 2. The highest BCUT2D eigenvalue weighted by molar-refractivity contribution is 5.93. The lowest BCUT2D eigenvalue weighted by atomic mass is 9.97. The van der Waals surface area contributed by atoms with Crippen molar-refractivity contribution in [3.05, 3.63) is 40.5 Å². The molecule has 0 atom stereocenters. The van der Waals surface area contributed by atoms with Crippen molar-refractivity contribution < 1.29 is 14.3 Å². The Morgan fingerprint density at radius 2 is 1.91 bits per heavy atom. The lowest BCUT2D eigenvalue weighted by Crippen LogP contribution is -2.61. The zero-order chi connectivity index (χ0) is 25.2. The van der Waals surface area contributed by atoms with Crippen LogP contribution >= 0.6 is 0 Å². The predicted molar refractivity (Wildman–Crippen MR) is 133 cm³/mol. The number of amides is 1. The van der Waals surface area contributed by atoms with Crippen LogP contribution in [0.4, 0.5) is 11.6 Å². The molecular formula is C25H36N6O3. The third kappa shape index (κ3) is 4.98. The van der Waals surface area contributed by atoms with E-state index in [1.807, 2.05) is 59.4 Å². The van der Waals surface area contributed by atoms with Gasteiger partial charge in [-0.1, -0.05) is 13.8 Å². The predicted octanol–water partition coefficient (Wildman–Crippen LogP) is 3.57. The molecule has 1 aliphatic heterocycles. The number of methoxy groups -OCH3 is 1. The van der Waals surface area contributed by atoms with Crippen molar-refractivity contribution in [1.82, 2.24) is 19.9 Å². The number of hydrogen-bond donors (Lipinski definition) is 1. The van der Waals surface area contributed by atoms with Crippen molar-refractivity contribution >= 4 is 23.5 Å². The molecule has 0 aromatic carbocycles. The smallest absolute Gasteiger partial charge is 0.339 e. The summed E-state index contributed by atoms with van der Waals surface area (Å²) in [6.07, 6.45) is 1.56. The quantitative estimate of drug-likeness (QED) is 0.642. The van der Waals surface area contributed by atoms with Gasteiger partial charge in [0.05, 0.1) is 35.8 Å². The number of aromatic nitrogens is 3. The number of nitrogens with one attached hydrogen (secondary N) is 1. The van der Waals surface area contributed by atoms with Gasteiger partial charge in [0.2, 0.25) is 0 Å². The van der Waals surface area contributed by atoms with E-state index in [0.29, 0.717) is 36.6 Å². The van der Waals surface area contributed by atoms with Crippen LogP contribution in [-0.2, 0) is 4.74 Å². The van der Waals surface area contributed by atoms with Gasteiger partial charge in [-0.05, 0) is 52.2 Å². The summed E-state index contributed by atoms with van der Waals surface area (Å²) in [7, 11) is 1.37. The van der Waals surface area contributed by atoms with E-state index in [2.05, 4.69) is 25.2 Å². The van der Waals surface area contributed by atoms with Gasteiger partial charge >= 0.3 is 5.97 Å². The first-order valence-electron chi connectivity index (χ1n) is 11.7. The molecule has 0 radical (unpaired) electrons. The Hall–Kier alpha value is -3.23. The van der Waals surface area contributed by atoms with Crippen molar-refractivity contribution in [3.8, 4) is 0 Å². The minimum Gasteiger partial charge on any atom is -0.465 e. The molecular weight excluding hydrogens is 432 g/mol. The monoisotopic (exact) mass is 468 g/mol. The van der Waals surface area contributed by atoms with Gasteiger partial charge in [0.25, 0.3) is 5.91 Å². The highest BCUT2D eigenvalue weighted by Crippen LogP contribution is 2.29. The molecule has 1 amide bonds. The van der Waals surface area contributed by atoms with E-state index in [1.54, 1.807) is 6.20 Å². The molecule has 2 aromatic rings. The van der Waals surface area contributed by atoms with Crippen LogP contribution in [0, 0.1) is 13.8 Å². The van der Waals surface area contributed by atoms with E-state index < -0.39 is 5.54 Å². The largest absolute Gasteiger partial charge is 0.465 e. The Kier molecular flexibility index (Phi) is 7.43. The van der Waals surface area contributed by atoms with Gasteiger partial charge in [0.15, 0.2) is 0 Å². The molecule has 3 rings (SSSR count). The summed E-state index contributed by atoms with van der Waals surface area (Å²) >= 11 is 0. The van der Waals surface area contributed by atoms with E-state index in [0.717, 1.165) is 29.4 Å². The number of hydrogen-bond acceptors (Lipinski definition) is 8. The average molecular weight is 469 g/mol. The number of aryl methyl sites for hydroxylation is 2. The number of carbonyl (C=O) groups excluding carboxylic acids is 2. The van der Waals surface area contributed by atoms with Gasteiger partial charge in [0, 0.05) is 26.2 Å². The topological polar surface area (TPSA) is 101 Å². The molecule has 0 spiro atoms. The molecule has 9 nitrogen and oxygen atoms in total. The molecule has 0 saturated carbocycles. The summed E-state index contributed by atoms with van der Waals surface area (Å²) in [5.74, 6) is 1.16. The van der Waals surface area contributed by atoms with Crippen molar-refractivity contribution in [2.75, 3.05) is 43.5 Å². The molecule has 2 aromatic heterocycles. The lowest BCUT2D eigenvalue weighted by molar-refractivity contribution is 0.0505. The summed E-state index contributed by atoms with van der Waals surface area (Å²) < 4.78 is 4.89. The van der Waals surface area contributed by atoms with E-state index in [9.17, 15) is 9.59 Å². The Morgan fingerprint density at radius 3 is 2.47 bits per heavy atom. The van der Waals surface area contributed by atoms with Crippen LogP contribution in [0.25, 0.3) is 0 Å². The summed E-state index contributed by atoms with van der Waals surface area (Å²) in [5, 5.41) is 3.23. The van der Waals surface area contributed by atoms with Gasteiger partial charge in [-0.15, -0.1) is 0 Å². The molecule has 184 valence electrons. The fourth-order valence-corrected chi connectivity index (χ4v) is 4.46. The summed E-state index contributed by atoms with van der Waals surface area (Å²) in [5.41, 5.74) is 2.65. The fraction of sp³-hybridized carbons (Fsp3) is 0.560. The van der Waals surface area contributed by atoms with Crippen LogP contribution in [0.1, 0.15) is 78.3 Å². The lowest BCUT2D eigenvalue weighted by Gasteiger charge is -2.47. The van der Waals surface area contributed by atoms with Gasteiger partial charge in [-0.3, -0.25) is 4.79 Å².